The van der Waals surface area contributed by atoms with E-state index in [0.29, 0.717) is 6.61 Å². The van der Waals surface area contributed by atoms with Gasteiger partial charge in [-0.3, -0.25) is 0 Å². The fourth-order valence-electron chi connectivity index (χ4n) is 1.60. The SMILES string of the molecule is COC(=O)OCCC[Si](C)(C)CC[Si](C)(C)C. The van der Waals surface area contributed by atoms with Gasteiger partial charge in [0.25, 0.3) is 0 Å². The maximum absolute atomic E-state index is 10.8. The Morgan fingerprint density at radius 1 is 1.00 bits per heavy atom. The van der Waals surface area contributed by atoms with E-state index in [1.807, 2.05) is 0 Å². The second kappa shape index (κ2) is 7.21. The fourth-order valence-corrected chi connectivity index (χ4v) is 8.66. The number of rotatable bonds is 7. The maximum atomic E-state index is 10.8. The van der Waals surface area contributed by atoms with Crippen molar-refractivity contribution in [2.45, 2.75) is 57.3 Å². The van der Waals surface area contributed by atoms with Crippen LogP contribution in [-0.4, -0.2) is 36.0 Å². The Morgan fingerprint density at radius 3 is 2.06 bits per heavy atom. The molecule has 0 saturated heterocycles. The summed E-state index contributed by atoms with van der Waals surface area (Å²) in [7, 11) is -0.659. The van der Waals surface area contributed by atoms with Crippen molar-refractivity contribution >= 4 is 22.3 Å². The van der Waals surface area contributed by atoms with Crippen LogP contribution < -0.4 is 0 Å². The monoisotopic (exact) mass is 276 g/mol. The minimum atomic E-state index is -1.09. The minimum absolute atomic E-state index is 0.496. The van der Waals surface area contributed by atoms with E-state index in [4.69, 9.17) is 4.74 Å². The van der Waals surface area contributed by atoms with E-state index in [-0.39, 0.29) is 0 Å². The lowest BCUT2D eigenvalue weighted by Gasteiger charge is -2.26. The van der Waals surface area contributed by atoms with Crippen molar-refractivity contribution in [2.75, 3.05) is 13.7 Å². The summed E-state index contributed by atoms with van der Waals surface area (Å²) < 4.78 is 9.33. The molecule has 0 aliphatic carbocycles. The van der Waals surface area contributed by atoms with Crippen molar-refractivity contribution in [2.24, 2.45) is 0 Å². The van der Waals surface area contributed by atoms with Gasteiger partial charge in [0.2, 0.25) is 0 Å². The molecule has 5 heteroatoms. The largest absolute Gasteiger partial charge is 0.507 e. The highest BCUT2D eigenvalue weighted by atomic mass is 28.3. The number of methoxy groups -OCH3 is 1. The van der Waals surface area contributed by atoms with Crippen LogP contribution in [0.15, 0.2) is 0 Å². The molecule has 102 valence electrons. The number of ether oxygens (including phenoxy) is 2. The molecular weight excluding hydrogens is 248 g/mol. The Kier molecular flexibility index (Phi) is 7.08. The topological polar surface area (TPSA) is 35.5 Å². The molecule has 0 aromatic carbocycles. The van der Waals surface area contributed by atoms with Crippen LogP contribution in [0, 0.1) is 0 Å². The standard InChI is InChI=1S/C12H28O3Si2/c1-14-12(13)15-8-7-9-17(5,6)11-10-16(2,3)4/h7-11H2,1-6H3. The zero-order valence-electron chi connectivity index (χ0n) is 12.3. The highest BCUT2D eigenvalue weighted by molar-refractivity contribution is 6.82. The molecule has 0 unspecified atom stereocenters. The zero-order chi connectivity index (χ0) is 13.5. The highest BCUT2D eigenvalue weighted by Crippen LogP contribution is 2.24. The lowest BCUT2D eigenvalue weighted by molar-refractivity contribution is 0.0728. The van der Waals surface area contributed by atoms with Crippen molar-refractivity contribution in [1.29, 1.82) is 0 Å². The van der Waals surface area contributed by atoms with Gasteiger partial charge in [-0.15, -0.1) is 0 Å². The van der Waals surface area contributed by atoms with Gasteiger partial charge in [-0.2, -0.15) is 0 Å². The summed E-state index contributed by atoms with van der Waals surface area (Å²) in [6.45, 7) is 12.7. The van der Waals surface area contributed by atoms with Crippen LogP contribution in [-0.2, 0) is 9.47 Å². The third-order valence-electron chi connectivity index (χ3n) is 2.94. The predicted octanol–water partition coefficient (Wildman–Crippen LogP) is 4.21. The number of hydrogen-bond acceptors (Lipinski definition) is 3. The van der Waals surface area contributed by atoms with E-state index in [1.54, 1.807) is 0 Å². The Labute approximate surface area is 108 Å². The molecule has 0 atom stereocenters. The van der Waals surface area contributed by atoms with Gasteiger partial charge < -0.3 is 9.47 Å². The first-order valence-electron chi connectivity index (χ1n) is 6.37. The van der Waals surface area contributed by atoms with Crippen molar-refractivity contribution in [3.05, 3.63) is 0 Å². The second-order valence-electron chi connectivity index (χ2n) is 6.63. The smallest absolute Gasteiger partial charge is 0.438 e. The average molecular weight is 277 g/mol. The lowest BCUT2D eigenvalue weighted by Crippen LogP contribution is -2.30. The van der Waals surface area contributed by atoms with Crippen molar-refractivity contribution in [3.8, 4) is 0 Å². The normalized spacial score (nSPS) is 12.4. The lowest BCUT2D eigenvalue weighted by atomic mass is 10.5. The van der Waals surface area contributed by atoms with Crippen LogP contribution in [0.2, 0.25) is 50.9 Å². The fraction of sp³-hybridized carbons (Fsp3) is 0.917. The van der Waals surface area contributed by atoms with Gasteiger partial charge in [0, 0.05) is 16.1 Å². The molecule has 0 bridgehead atoms. The molecule has 0 aromatic rings. The summed E-state index contributed by atoms with van der Waals surface area (Å²) in [5, 5.41) is 0. The first-order chi connectivity index (χ1) is 7.66. The van der Waals surface area contributed by atoms with E-state index in [2.05, 4.69) is 37.5 Å². The molecule has 17 heavy (non-hydrogen) atoms. The van der Waals surface area contributed by atoms with Gasteiger partial charge >= 0.3 is 6.16 Å². The van der Waals surface area contributed by atoms with E-state index in [9.17, 15) is 4.79 Å². The number of carbonyl (C=O) groups excluding carboxylic acids is 1. The Hall–Kier alpha value is -0.296. The molecule has 0 radical (unpaired) electrons. The second-order valence-corrected chi connectivity index (χ2v) is 17.6. The summed E-state index contributed by atoms with van der Waals surface area (Å²) in [4.78, 5) is 10.8. The summed E-state index contributed by atoms with van der Waals surface area (Å²) in [5.41, 5.74) is 0. The predicted molar refractivity (Wildman–Crippen MR) is 78.2 cm³/mol. The molecule has 0 aliphatic heterocycles. The molecule has 0 spiro atoms. The maximum Gasteiger partial charge on any atom is 0.507 e. The van der Waals surface area contributed by atoms with Gasteiger partial charge in [-0.25, -0.2) is 4.79 Å². The molecule has 0 heterocycles. The van der Waals surface area contributed by atoms with Crippen LogP contribution in [0.4, 0.5) is 4.79 Å². The molecule has 0 saturated carbocycles. The number of carbonyl (C=O) groups is 1. The van der Waals surface area contributed by atoms with Gasteiger partial charge in [0.15, 0.2) is 0 Å². The van der Waals surface area contributed by atoms with E-state index >= 15 is 0 Å². The van der Waals surface area contributed by atoms with Crippen molar-refractivity contribution in [1.82, 2.24) is 0 Å². The summed E-state index contributed by atoms with van der Waals surface area (Å²) in [6, 6.07) is 4.06. The molecular formula is C12H28O3Si2. The van der Waals surface area contributed by atoms with Crippen LogP contribution in [0.5, 0.6) is 0 Å². The van der Waals surface area contributed by atoms with Crippen molar-refractivity contribution in [3.63, 3.8) is 0 Å². The number of hydrogen-bond donors (Lipinski definition) is 0. The zero-order valence-corrected chi connectivity index (χ0v) is 14.3. The molecule has 0 rings (SSSR count). The van der Waals surface area contributed by atoms with E-state index < -0.39 is 22.3 Å². The van der Waals surface area contributed by atoms with Crippen LogP contribution in [0.3, 0.4) is 0 Å². The van der Waals surface area contributed by atoms with Crippen LogP contribution >= 0.6 is 0 Å². The van der Waals surface area contributed by atoms with Gasteiger partial charge in [-0.05, 0) is 6.42 Å². The molecule has 0 N–H and O–H groups in total. The summed E-state index contributed by atoms with van der Waals surface area (Å²) in [6.07, 6.45) is 0.409. The van der Waals surface area contributed by atoms with Crippen LogP contribution in [0.1, 0.15) is 6.42 Å². The molecule has 0 amide bonds. The van der Waals surface area contributed by atoms with Crippen LogP contribution in [0.25, 0.3) is 0 Å². The first-order valence-corrected chi connectivity index (χ1v) is 13.5. The van der Waals surface area contributed by atoms with Gasteiger partial charge in [-0.1, -0.05) is 50.9 Å². The van der Waals surface area contributed by atoms with Gasteiger partial charge in [0.1, 0.15) is 0 Å². The summed E-state index contributed by atoms with van der Waals surface area (Å²) >= 11 is 0. The molecule has 0 aromatic heterocycles. The minimum Gasteiger partial charge on any atom is -0.438 e. The van der Waals surface area contributed by atoms with Crippen molar-refractivity contribution < 1.29 is 14.3 Å². The molecule has 0 fully saturated rings. The first kappa shape index (κ1) is 16.7. The molecule has 3 nitrogen and oxygen atoms in total. The third-order valence-corrected chi connectivity index (χ3v) is 8.50. The Morgan fingerprint density at radius 2 is 1.59 bits per heavy atom. The van der Waals surface area contributed by atoms with E-state index in [0.717, 1.165) is 6.42 Å². The Balaban J connectivity index is 3.74. The quantitative estimate of drug-likeness (QED) is 0.397. The third kappa shape index (κ3) is 10.6. The van der Waals surface area contributed by atoms with E-state index in [1.165, 1.54) is 25.2 Å². The van der Waals surface area contributed by atoms with Gasteiger partial charge in [0.05, 0.1) is 13.7 Å². The Bertz CT molecular complexity index is 234. The summed E-state index contributed by atoms with van der Waals surface area (Å²) in [5.74, 6) is 0. The highest BCUT2D eigenvalue weighted by Gasteiger charge is 2.24. The average Bonchev–Trinajstić information content (AvgIpc) is 2.20. The molecule has 0 aliphatic rings.